The molecule has 1 aliphatic heterocycles. The van der Waals surface area contributed by atoms with Crippen molar-refractivity contribution < 1.29 is 32.2 Å². The number of carbonyl (C=O) groups is 2. The highest BCUT2D eigenvalue weighted by atomic mass is 32.2. The van der Waals surface area contributed by atoms with E-state index in [9.17, 15) is 18.0 Å². The molecule has 0 aliphatic carbocycles. The van der Waals surface area contributed by atoms with E-state index < -0.39 is 28.5 Å². The summed E-state index contributed by atoms with van der Waals surface area (Å²) in [5.74, 6) is 0.448. The Balaban J connectivity index is 1.94. The molecule has 37 heavy (non-hydrogen) atoms. The number of sulfonamides is 1. The smallest absolute Gasteiger partial charge is 0.244 e. The van der Waals surface area contributed by atoms with Crippen molar-refractivity contribution in [1.82, 2.24) is 10.2 Å². The molecule has 0 aromatic heterocycles. The summed E-state index contributed by atoms with van der Waals surface area (Å²) in [5, 5.41) is 2.91. The summed E-state index contributed by atoms with van der Waals surface area (Å²) in [6, 6.07) is 11.0. The Morgan fingerprint density at radius 2 is 1.81 bits per heavy atom. The highest BCUT2D eigenvalue weighted by Gasteiger charge is 2.32. The van der Waals surface area contributed by atoms with Crippen molar-refractivity contribution >= 4 is 27.5 Å². The molecule has 0 unspecified atom stereocenters. The lowest BCUT2D eigenvalue weighted by molar-refractivity contribution is -0.139. The third-order valence-corrected chi connectivity index (χ3v) is 8.02. The maximum absolute atomic E-state index is 13.7. The fraction of sp³-hybridized carbons (Fsp3) is 0.462. The molecule has 2 atom stereocenters. The minimum absolute atomic E-state index is 0.0371. The fourth-order valence-electron chi connectivity index (χ4n) is 3.78. The fourth-order valence-corrected chi connectivity index (χ4v) is 4.83. The lowest BCUT2D eigenvalue weighted by Crippen LogP contribution is -2.52. The number of hydrogen-bond donors (Lipinski definition) is 1. The summed E-state index contributed by atoms with van der Waals surface area (Å²) in [6.07, 6.45) is 0.731. The van der Waals surface area contributed by atoms with E-state index >= 15 is 0 Å². The third kappa shape index (κ3) is 6.85. The van der Waals surface area contributed by atoms with Gasteiger partial charge in [-0.25, -0.2) is 8.42 Å². The van der Waals surface area contributed by atoms with Crippen LogP contribution in [0, 0.1) is 0 Å². The van der Waals surface area contributed by atoms with Gasteiger partial charge in [0.15, 0.2) is 11.5 Å². The van der Waals surface area contributed by atoms with Crippen LogP contribution >= 0.6 is 0 Å². The first-order valence-corrected chi connectivity index (χ1v) is 13.8. The second-order valence-electron chi connectivity index (χ2n) is 8.81. The number of nitrogens with one attached hydrogen (secondary N) is 1. The Hall–Kier alpha value is -3.47. The third-order valence-electron chi connectivity index (χ3n) is 6.28. The van der Waals surface area contributed by atoms with Crippen molar-refractivity contribution in [2.45, 2.75) is 52.7 Å². The van der Waals surface area contributed by atoms with Gasteiger partial charge in [-0.3, -0.25) is 13.9 Å². The number of amides is 2. The van der Waals surface area contributed by atoms with Gasteiger partial charge in [0, 0.05) is 18.7 Å². The SMILES string of the molecule is CC[C@@H](C)NC(=O)[C@H](C)N(Cc1cccc(OC)c1)C(=O)CN(c1ccc2c(c1)OCO2)S(=O)(=O)CC. The Morgan fingerprint density at radius 1 is 1.08 bits per heavy atom. The summed E-state index contributed by atoms with van der Waals surface area (Å²) in [6.45, 7) is 6.62. The number of methoxy groups -OCH3 is 1. The minimum atomic E-state index is -3.84. The molecule has 0 fully saturated rings. The first kappa shape index (κ1) is 28.1. The van der Waals surface area contributed by atoms with Crippen molar-refractivity contribution in [1.29, 1.82) is 0 Å². The van der Waals surface area contributed by atoms with E-state index in [0.717, 1.165) is 16.3 Å². The maximum Gasteiger partial charge on any atom is 0.244 e. The normalized spacial score (nSPS) is 14.0. The van der Waals surface area contributed by atoms with E-state index in [0.29, 0.717) is 17.2 Å². The molecule has 2 aromatic rings. The van der Waals surface area contributed by atoms with E-state index in [1.54, 1.807) is 44.4 Å². The van der Waals surface area contributed by atoms with Crippen LogP contribution in [0.4, 0.5) is 5.69 Å². The van der Waals surface area contributed by atoms with Crippen molar-refractivity contribution in [3.63, 3.8) is 0 Å². The topological polar surface area (TPSA) is 114 Å². The van der Waals surface area contributed by atoms with Gasteiger partial charge in [-0.1, -0.05) is 19.1 Å². The molecular formula is C26H35N3O7S. The van der Waals surface area contributed by atoms with Crippen molar-refractivity contribution in [2.24, 2.45) is 0 Å². The van der Waals surface area contributed by atoms with Crippen LogP contribution in [0.5, 0.6) is 17.2 Å². The summed E-state index contributed by atoms with van der Waals surface area (Å²) >= 11 is 0. The minimum Gasteiger partial charge on any atom is -0.497 e. The molecule has 0 saturated heterocycles. The molecule has 0 spiro atoms. The zero-order valence-electron chi connectivity index (χ0n) is 21.9. The van der Waals surface area contributed by atoms with Crippen LogP contribution in [0.3, 0.4) is 0 Å². The molecule has 1 N–H and O–H groups in total. The lowest BCUT2D eigenvalue weighted by Gasteiger charge is -2.32. The van der Waals surface area contributed by atoms with Gasteiger partial charge < -0.3 is 24.4 Å². The quantitative estimate of drug-likeness (QED) is 0.446. The van der Waals surface area contributed by atoms with E-state index in [-0.39, 0.29) is 36.7 Å². The van der Waals surface area contributed by atoms with Gasteiger partial charge in [-0.2, -0.15) is 0 Å². The van der Waals surface area contributed by atoms with E-state index in [1.807, 2.05) is 19.9 Å². The van der Waals surface area contributed by atoms with Crippen LogP contribution < -0.4 is 23.8 Å². The van der Waals surface area contributed by atoms with Gasteiger partial charge in [-0.15, -0.1) is 0 Å². The second-order valence-corrected chi connectivity index (χ2v) is 11.0. The maximum atomic E-state index is 13.7. The van der Waals surface area contributed by atoms with Crippen LogP contribution in [0.25, 0.3) is 0 Å². The standard InChI is InChI=1S/C26H35N3O7S/c1-6-18(3)27-26(31)19(4)28(15-20-9-8-10-22(13-20)34-5)25(30)16-29(37(32,33)7-2)21-11-12-23-24(14-21)36-17-35-23/h8-14,18-19H,6-7,15-17H2,1-5H3,(H,27,31)/t18-,19+/m1/s1. The molecule has 202 valence electrons. The molecule has 1 heterocycles. The molecule has 1 aliphatic rings. The molecule has 3 rings (SSSR count). The molecule has 10 nitrogen and oxygen atoms in total. The Morgan fingerprint density at radius 3 is 2.49 bits per heavy atom. The molecule has 0 radical (unpaired) electrons. The summed E-state index contributed by atoms with van der Waals surface area (Å²) in [7, 11) is -2.30. The first-order chi connectivity index (χ1) is 17.6. The van der Waals surface area contributed by atoms with Crippen molar-refractivity contribution in [2.75, 3.05) is 30.5 Å². The zero-order valence-corrected chi connectivity index (χ0v) is 22.7. The number of ether oxygens (including phenoxy) is 3. The Kier molecular flexibility index (Phi) is 9.25. The van der Waals surface area contributed by atoms with Gasteiger partial charge in [-0.05, 0) is 57.0 Å². The lowest BCUT2D eigenvalue weighted by atomic mass is 10.1. The highest BCUT2D eigenvalue weighted by molar-refractivity contribution is 7.92. The molecule has 2 aromatic carbocycles. The average Bonchev–Trinajstić information content (AvgIpc) is 3.37. The number of rotatable bonds is 12. The Labute approximate surface area is 218 Å². The predicted molar refractivity (Wildman–Crippen MR) is 140 cm³/mol. The van der Waals surface area contributed by atoms with Crippen molar-refractivity contribution in [3.8, 4) is 17.2 Å². The number of hydrogen-bond acceptors (Lipinski definition) is 7. The monoisotopic (exact) mass is 533 g/mol. The van der Waals surface area contributed by atoms with Gasteiger partial charge in [0.2, 0.25) is 28.6 Å². The van der Waals surface area contributed by atoms with E-state index in [4.69, 9.17) is 14.2 Å². The van der Waals surface area contributed by atoms with Crippen LogP contribution in [0.2, 0.25) is 0 Å². The average molecular weight is 534 g/mol. The summed E-state index contributed by atoms with van der Waals surface area (Å²) in [5.41, 5.74) is 1.02. The molecule has 0 saturated carbocycles. The summed E-state index contributed by atoms with van der Waals surface area (Å²) < 4.78 is 43.2. The largest absolute Gasteiger partial charge is 0.497 e. The molecular weight excluding hydrogens is 498 g/mol. The van der Waals surface area contributed by atoms with Crippen molar-refractivity contribution in [3.05, 3.63) is 48.0 Å². The van der Waals surface area contributed by atoms with Gasteiger partial charge in [0.1, 0.15) is 18.3 Å². The second kappa shape index (κ2) is 12.2. The van der Waals surface area contributed by atoms with Gasteiger partial charge >= 0.3 is 0 Å². The number of anilines is 1. The van der Waals surface area contributed by atoms with Gasteiger partial charge in [0.05, 0.1) is 18.6 Å². The molecule has 11 heteroatoms. The van der Waals surface area contributed by atoms with Crippen LogP contribution in [0.1, 0.15) is 39.7 Å². The molecule has 0 bridgehead atoms. The number of nitrogens with zero attached hydrogens (tertiary/aromatic N) is 2. The highest BCUT2D eigenvalue weighted by Crippen LogP contribution is 2.36. The van der Waals surface area contributed by atoms with Crippen LogP contribution in [0.15, 0.2) is 42.5 Å². The number of carbonyl (C=O) groups excluding carboxylic acids is 2. The van der Waals surface area contributed by atoms with E-state index in [1.165, 1.54) is 17.9 Å². The summed E-state index contributed by atoms with van der Waals surface area (Å²) in [4.78, 5) is 28.1. The van der Waals surface area contributed by atoms with Crippen LogP contribution in [-0.2, 0) is 26.2 Å². The molecule has 2 amide bonds. The predicted octanol–water partition coefficient (Wildman–Crippen LogP) is 2.91. The van der Waals surface area contributed by atoms with Crippen LogP contribution in [-0.4, -0.2) is 63.4 Å². The number of benzene rings is 2. The van der Waals surface area contributed by atoms with E-state index in [2.05, 4.69) is 5.32 Å². The van der Waals surface area contributed by atoms with Gasteiger partial charge in [0.25, 0.3) is 0 Å². The first-order valence-electron chi connectivity index (χ1n) is 12.2. The Bertz CT molecular complexity index is 1220. The zero-order chi connectivity index (χ0) is 27.2. The number of fused-ring (bicyclic) bond motifs is 1.